The Morgan fingerprint density at radius 2 is 2.35 bits per heavy atom. The number of hydrogen-bond acceptors (Lipinski definition) is 3. The van der Waals surface area contributed by atoms with Gasteiger partial charge in [0.15, 0.2) is 0 Å². The van der Waals surface area contributed by atoms with E-state index in [0.29, 0.717) is 0 Å². The summed E-state index contributed by atoms with van der Waals surface area (Å²) in [4.78, 5) is 17.3. The Balaban J connectivity index is 2.37. The highest BCUT2D eigenvalue weighted by Gasteiger charge is 2.11. The summed E-state index contributed by atoms with van der Waals surface area (Å²) in [6.45, 7) is 0. The van der Waals surface area contributed by atoms with Gasteiger partial charge in [-0.2, -0.15) is 5.26 Å². The highest BCUT2D eigenvalue weighted by Crippen LogP contribution is 2.20. The van der Waals surface area contributed by atoms with Crippen molar-refractivity contribution >= 4 is 22.6 Å². The molecule has 1 heterocycles. The molecule has 2 rings (SSSR count). The third-order valence-corrected chi connectivity index (χ3v) is 2.70. The summed E-state index contributed by atoms with van der Waals surface area (Å²) in [6, 6.07) is 7.44. The van der Waals surface area contributed by atoms with Gasteiger partial charge < -0.3 is 9.47 Å². The number of fused-ring (bicyclic) bond motifs is 1. The van der Waals surface area contributed by atoms with E-state index >= 15 is 0 Å². The molecule has 0 aliphatic carbocycles. The van der Waals surface area contributed by atoms with Crippen LogP contribution in [-0.4, -0.2) is 22.5 Å². The molecule has 0 atom stereocenters. The number of aromatic nitrogens is 2. The number of nitrogens with zero attached hydrogens (tertiary/aromatic N) is 4. The number of anilines is 1. The van der Waals surface area contributed by atoms with Crippen LogP contribution in [0.15, 0.2) is 24.5 Å². The topological polar surface area (TPSA) is 61.9 Å². The lowest BCUT2D eigenvalue weighted by Crippen LogP contribution is -2.25. The van der Waals surface area contributed by atoms with E-state index in [0.717, 1.165) is 16.7 Å². The fourth-order valence-corrected chi connectivity index (χ4v) is 1.66. The molecule has 0 fully saturated rings. The minimum absolute atomic E-state index is 0.114. The van der Waals surface area contributed by atoms with Gasteiger partial charge in [-0.1, -0.05) is 0 Å². The van der Waals surface area contributed by atoms with Crippen LogP contribution in [0.3, 0.4) is 0 Å². The second kappa shape index (κ2) is 4.26. The minimum Gasteiger partial charge on any atom is -0.334 e. The number of amides is 1. The molecule has 0 spiro atoms. The number of imidazole rings is 1. The summed E-state index contributed by atoms with van der Waals surface area (Å²) < 4.78 is 1.91. The zero-order chi connectivity index (χ0) is 12.4. The van der Waals surface area contributed by atoms with E-state index in [9.17, 15) is 4.79 Å². The summed E-state index contributed by atoms with van der Waals surface area (Å²) in [5.74, 6) is -0.220. The summed E-state index contributed by atoms with van der Waals surface area (Å²) in [6.07, 6.45) is 1.61. The predicted octanol–water partition coefficient (Wildman–Crippen LogP) is 1.45. The Kier molecular flexibility index (Phi) is 2.79. The fourth-order valence-electron chi connectivity index (χ4n) is 1.66. The number of benzene rings is 1. The maximum atomic E-state index is 11.6. The summed E-state index contributed by atoms with van der Waals surface area (Å²) >= 11 is 0. The summed E-state index contributed by atoms with van der Waals surface area (Å²) in [7, 11) is 3.57. The largest absolute Gasteiger partial charge is 0.334 e. The van der Waals surface area contributed by atoms with Gasteiger partial charge in [-0.25, -0.2) is 4.98 Å². The molecule has 0 radical (unpaired) electrons. The molecule has 5 heteroatoms. The SMILES string of the molecule is CN(C(=O)CC#N)c1ccc2c(c1)ncn2C. The standard InChI is InChI=1S/C12H12N4O/c1-15-8-14-10-7-9(3-4-11(10)15)16(2)12(17)5-6-13/h3-4,7-8H,5H2,1-2H3. The molecule has 0 aliphatic heterocycles. The Bertz CT molecular complexity index is 608. The van der Waals surface area contributed by atoms with Crippen LogP contribution in [0.1, 0.15) is 6.42 Å². The highest BCUT2D eigenvalue weighted by molar-refractivity contribution is 5.95. The third kappa shape index (κ3) is 1.97. The molecule has 0 saturated heterocycles. The van der Waals surface area contributed by atoms with Crippen molar-refractivity contribution in [2.75, 3.05) is 11.9 Å². The van der Waals surface area contributed by atoms with Crippen LogP contribution < -0.4 is 4.90 Å². The van der Waals surface area contributed by atoms with Gasteiger partial charge in [-0.3, -0.25) is 4.79 Å². The molecular formula is C12H12N4O. The van der Waals surface area contributed by atoms with Crippen molar-refractivity contribution in [2.45, 2.75) is 6.42 Å². The molecule has 1 aromatic carbocycles. The van der Waals surface area contributed by atoms with Crippen LogP contribution in [0.4, 0.5) is 5.69 Å². The van der Waals surface area contributed by atoms with Crippen molar-refractivity contribution < 1.29 is 4.79 Å². The molecular weight excluding hydrogens is 216 g/mol. The van der Waals surface area contributed by atoms with Crippen LogP contribution >= 0.6 is 0 Å². The lowest BCUT2D eigenvalue weighted by molar-refractivity contribution is -0.117. The molecule has 0 unspecified atom stereocenters. The van der Waals surface area contributed by atoms with E-state index in [2.05, 4.69) is 4.98 Å². The maximum absolute atomic E-state index is 11.6. The van der Waals surface area contributed by atoms with E-state index in [1.807, 2.05) is 35.9 Å². The van der Waals surface area contributed by atoms with Gasteiger partial charge in [-0.05, 0) is 18.2 Å². The number of hydrogen-bond donors (Lipinski definition) is 0. The molecule has 1 amide bonds. The number of carbonyl (C=O) groups excluding carboxylic acids is 1. The molecule has 86 valence electrons. The first-order chi connectivity index (χ1) is 8.13. The van der Waals surface area contributed by atoms with Gasteiger partial charge in [-0.15, -0.1) is 0 Å². The molecule has 0 aliphatic rings. The van der Waals surface area contributed by atoms with Crippen molar-refractivity contribution in [3.8, 4) is 6.07 Å². The average molecular weight is 228 g/mol. The van der Waals surface area contributed by atoms with Crippen molar-refractivity contribution in [2.24, 2.45) is 7.05 Å². The fraction of sp³-hybridized carbons (Fsp3) is 0.250. The first kappa shape index (κ1) is 11.1. The normalized spacial score (nSPS) is 10.2. The van der Waals surface area contributed by atoms with Crippen molar-refractivity contribution in [1.82, 2.24) is 9.55 Å². The van der Waals surface area contributed by atoms with Gasteiger partial charge in [0, 0.05) is 19.8 Å². The second-order valence-electron chi connectivity index (χ2n) is 3.82. The minimum atomic E-state index is -0.220. The quantitative estimate of drug-likeness (QED) is 0.781. The molecule has 5 nitrogen and oxygen atoms in total. The Morgan fingerprint density at radius 1 is 1.59 bits per heavy atom. The third-order valence-electron chi connectivity index (χ3n) is 2.70. The molecule has 0 bridgehead atoms. The summed E-state index contributed by atoms with van der Waals surface area (Å²) in [5, 5.41) is 8.49. The number of rotatable bonds is 2. The Hall–Kier alpha value is -2.35. The van der Waals surface area contributed by atoms with Crippen molar-refractivity contribution in [3.05, 3.63) is 24.5 Å². The van der Waals surface area contributed by atoms with Crippen molar-refractivity contribution in [1.29, 1.82) is 5.26 Å². The number of carbonyl (C=O) groups is 1. The zero-order valence-corrected chi connectivity index (χ0v) is 9.71. The molecule has 1 aromatic heterocycles. The van der Waals surface area contributed by atoms with Gasteiger partial charge in [0.25, 0.3) is 0 Å². The second-order valence-corrected chi connectivity index (χ2v) is 3.82. The predicted molar refractivity (Wildman–Crippen MR) is 64.4 cm³/mol. The van der Waals surface area contributed by atoms with E-state index in [1.54, 1.807) is 13.4 Å². The molecule has 2 aromatic rings. The van der Waals surface area contributed by atoms with Gasteiger partial charge in [0.2, 0.25) is 5.91 Å². The number of aryl methyl sites for hydroxylation is 1. The van der Waals surface area contributed by atoms with E-state index in [4.69, 9.17) is 5.26 Å². The smallest absolute Gasteiger partial charge is 0.240 e. The first-order valence-corrected chi connectivity index (χ1v) is 5.18. The van der Waals surface area contributed by atoms with Gasteiger partial charge in [0.1, 0.15) is 6.42 Å². The molecule has 0 saturated carbocycles. The van der Waals surface area contributed by atoms with Crippen LogP contribution in [0.25, 0.3) is 11.0 Å². The van der Waals surface area contributed by atoms with Crippen LogP contribution in [0.5, 0.6) is 0 Å². The average Bonchev–Trinajstić information content (AvgIpc) is 2.70. The Morgan fingerprint density at radius 3 is 3.06 bits per heavy atom. The van der Waals surface area contributed by atoms with Gasteiger partial charge >= 0.3 is 0 Å². The monoisotopic (exact) mass is 228 g/mol. The lowest BCUT2D eigenvalue weighted by atomic mass is 10.2. The highest BCUT2D eigenvalue weighted by atomic mass is 16.2. The van der Waals surface area contributed by atoms with E-state index < -0.39 is 0 Å². The lowest BCUT2D eigenvalue weighted by Gasteiger charge is -2.15. The van der Waals surface area contributed by atoms with E-state index in [-0.39, 0.29) is 12.3 Å². The molecule has 17 heavy (non-hydrogen) atoms. The van der Waals surface area contributed by atoms with E-state index in [1.165, 1.54) is 4.90 Å². The Labute approximate surface area is 98.9 Å². The van der Waals surface area contributed by atoms with Gasteiger partial charge in [0.05, 0.1) is 23.4 Å². The van der Waals surface area contributed by atoms with Crippen LogP contribution in [-0.2, 0) is 11.8 Å². The van der Waals surface area contributed by atoms with Crippen LogP contribution in [0.2, 0.25) is 0 Å². The summed E-state index contributed by atoms with van der Waals surface area (Å²) in [5.41, 5.74) is 2.59. The van der Waals surface area contributed by atoms with Crippen LogP contribution in [0, 0.1) is 11.3 Å². The van der Waals surface area contributed by atoms with Crippen molar-refractivity contribution in [3.63, 3.8) is 0 Å². The first-order valence-electron chi connectivity index (χ1n) is 5.18. The zero-order valence-electron chi connectivity index (χ0n) is 9.71. The molecule has 0 N–H and O–H groups in total. The number of nitriles is 1. The maximum Gasteiger partial charge on any atom is 0.240 e.